The molecule has 1 aromatic carbocycles. The zero-order valence-electron chi connectivity index (χ0n) is 9.85. The highest BCUT2D eigenvalue weighted by atomic mass is 16.5. The second kappa shape index (κ2) is 6.24. The first-order valence-electron chi connectivity index (χ1n) is 5.93. The van der Waals surface area contributed by atoms with Gasteiger partial charge in [-0.05, 0) is 12.1 Å². The number of rotatable bonds is 4. The minimum Gasteiger partial charge on any atom is -0.383 e. The minimum atomic E-state index is 0.703. The second-order valence-electron chi connectivity index (χ2n) is 4.04. The van der Waals surface area contributed by atoms with Gasteiger partial charge in [-0.2, -0.15) is 5.26 Å². The first kappa shape index (κ1) is 11.9. The van der Waals surface area contributed by atoms with Crippen molar-refractivity contribution in [3.05, 3.63) is 29.8 Å². The molecule has 1 saturated heterocycles. The van der Waals surface area contributed by atoms with Crippen molar-refractivity contribution in [3.8, 4) is 6.07 Å². The van der Waals surface area contributed by atoms with Crippen LogP contribution in [0.15, 0.2) is 24.3 Å². The normalized spacial score (nSPS) is 16.4. The van der Waals surface area contributed by atoms with Gasteiger partial charge in [0.25, 0.3) is 0 Å². The molecule has 2 rings (SSSR count). The van der Waals surface area contributed by atoms with E-state index in [9.17, 15) is 0 Å². The Morgan fingerprint density at radius 1 is 1.29 bits per heavy atom. The van der Waals surface area contributed by atoms with Crippen LogP contribution in [0.3, 0.4) is 0 Å². The molecule has 0 amide bonds. The van der Waals surface area contributed by atoms with Crippen molar-refractivity contribution in [3.63, 3.8) is 0 Å². The van der Waals surface area contributed by atoms with Gasteiger partial charge in [0.15, 0.2) is 0 Å². The average Bonchev–Trinajstić information content (AvgIpc) is 2.40. The third kappa shape index (κ3) is 3.45. The Kier molecular flexibility index (Phi) is 4.37. The number of hydrogen-bond acceptors (Lipinski definition) is 4. The summed E-state index contributed by atoms with van der Waals surface area (Å²) < 4.78 is 5.30. The van der Waals surface area contributed by atoms with Gasteiger partial charge in [-0.3, -0.25) is 4.90 Å². The summed E-state index contributed by atoms with van der Waals surface area (Å²) in [6.45, 7) is 5.51. The third-order valence-electron chi connectivity index (χ3n) is 2.89. The van der Waals surface area contributed by atoms with Gasteiger partial charge in [0.05, 0.1) is 24.5 Å². The predicted octanol–water partition coefficient (Wildman–Crippen LogP) is 1.30. The van der Waals surface area contributed by atoms with Crippen LogP contribution in [0.4, 0.5) is 5.69 Å². The Morgan fingerprint density at radius 2 is 2.06 bits per heavy atom. The summed E-state index contributed by atoms with van der Waals surface area (Å²) in [4.78, 5) is 2.37. The molecule has 0 bridgehead atoms. The van der Waals surface area contributed by atoms with Crippen LogP contribution in [-0.4, -0.2) is 44.3 Å². The van der Waals surface area contributed by atoms with Crippen LogP contribution in [0.2, 0.25) is 0 Å². The lowest BCUT2D eigenvalue weighted by atomic mass is 10.2. The SMILES string of the molecule is N#Cc1ccccc1NCCN1CCOCC1. The van der Waals surface area contributed by atoms with Gasteiger partial charge in [-0.15, -0.1) is 0 Å². The van der Waals surface area contributed by atoms with E-state index in [1.807, 2.05) is 24.3 Å². The molecular weight excluding hydrogens is 214 g/mol. The number of nitrogens with one attached hydrogen (secondary N) is 1. The maximum atomic E-state index is 8.95. The first-order valence-corrected chi connectivity index (χ1v) is 5.93. The lowest BCUT2D eigenvalue weighted by Crippen LogP contribution is -2.39. The highest BCUT2D eigenvalue weighted by molar-refractivity contribution is 5.57. The Balaban J connectivity index is 1.79. The Labute approximate surface area is 102 Å². The molecular formula is C13H17N3O. The van der Waals surface area contributed by atoms with Gasteiger partial charge in [-0.1, -0.05) is 12.1 Å². The van der Waals surface area contributed by atoms with Gasteiger partial charge < -0.3 is 10.1 Å². The highest BCUT2D eigenvalue weighted by Crippen LogP contribution is 2.12. The summed E-state index contributed by atoms with van der Waals surface area (Å²) in [6, 6.07) is 9.78. The van der Waals surface area contributed by atoms with Gasteiger partial charge in [0, 0.05) is 26.2 Å². The summed E-state index contributed by atoms with van der Waals surface area (Å²) in [6.07, 6.45) is 0. The fourth-order valence-electron chi connectivity index (χ4n) is 1.91. The van der Waals surface area contributed by atoms with E-state index >= 15 is 0 Å². The predicted molar refractivity (Wildman–Crippen MR) is 66.9 cm³/mol. The van der Waals surface area contributed by atoms with Crippen molar-refractivity contribution in [2.24, 2.45) is 0 Å². The molecule has 0 atom stereocenters. The topological polar surface area (TPSA) is 48.3 Å². The van der Waals surface area contributed by atoms with E-state index in [2.05, 4.69) is 16.3 Å². The maximum absolute atomic E-state index is 8.95. The number of para-hydroxylation sites is 1. The average molecular weight is 231 g/mol. The molecule has 1 fully saturated rings. The van der Waals surface area contributed by atoms with E-state index in [-0.39, 0.29) is 0 Å². The Morgan fingerprint density at radius 3 is 2.82 bits per heavy atom. The van der Waals surface area contributed by atoms with E-state index in [1.54, 1.807) is 0 Å². The molecule has 17 heavy (non-hydrogen) atoms. The monoisotopic (exact) mass is 231 g/mol. The van der Waals surface area contributed by atoms with Gasteiger partial charge in [0.1, 0.15) is 6.07 Å². The second-order valence-corrected chi connectivity index (χ2v) is 4.04. The smallest absolute Gasteiger partial charge is 0.101 e. The molecule has 4 heteroatoms. The summed E-state index contributed by atoms with van der Waals surface area (Å²) in [5.74, 6) is 0. The number of ether oxygens (including phenoxy) is 1. The highest BCUT2D eigenvalue weighted by Gasteiger charge is 2.09. The quantitative estimate of drug-likeness (QED) is 0.848. The lowest BCUT2D eigenvalue weighted by Gasteiger charge is -2.26. The number of nitriles is 1. The minimum absolute atomic E-state index is 0.703. The van der Waals surface area contributed by atoms with Crippen molar-refractivity contribution in [1.82, 2.24) is 4.90 Å². The van der Waals surface area contributed by atoms with Crippen LogP contribution in [0.25, 0.3) is 0 Å². The van der Waals surface area contributed by atoms with E-state index < -0.39 is 0 Å². The van der Waals surface area contributed by atoms with Crippen molar-refractivity contribution >= 4 is 5.69 Å². The van der Waals surface area contributed by atoms with Crippen molar-refractivity contribution in [2.75, 3.05) is 44.7 Å². The van der Waals surface area contributed by atoms with Crippen molar-refractivity contribution < 1.29 is 4.74 Å². The fourth-order valence-corrected chi connectivity index (χ4v) is 1.91. The van der Waals surface area contributed by atoms with Crippen molar-refractivity contribution in [1.29, 1.82) is 5.26 Å². The van der Waals surface area contributed by atoms with Crippen LogP contribution in [0.5, 0.6) is 0 Å². The molecule has 1 aliphatic heterocycles. The zero-order chi connectivity index (χ0) is 11.9. The third-order valence-corrected chi connectivity index (χ3v) is 2.89. The van der Waals surface area contributed by atoms with Gasteiger partial charge in [-0.25, -0.2) is 0 Å². The molecule has 0 radical (unpaired) electrons. The Bertz CT molecular complexity index is 394. The van der Waals surface area contributed by atoms with Crippen LogP contribution in [0, 0.1) is 11.3 Å². The molecule has 1 aromatic rings. The number of anilines is 1. The summed E-state index contributed by atoms with van der Waals surface area (Å²) in [7, 11) is 0. The molecule has 0 saturated carbocycles. The summed E-state index contributed by atoms with van der Waals surface area (Å²) >= 11 is 0. The standard InChI is InChI=1S/C13H17N3O/c14-11-12-3-1-2-4-13(12)15-5-6-16-7-9-17-10-8-16/h1-4,15H,5-10H2. The Hall–Kier alpha value is -1.57. The molecule has 1 heterocycles. The van der Waals surface area contributed by atoms with Gasteiger partial charge in [0.2, 0.25) is 0 Å². The molecule has 0 unspecified atom stereocenters. The number of benzene rings is 1. The number of hydrogen-bond donors (Lipinski definition) is 1. The number of nitrogens with zero attached hydrogens (tertiary/aromatic N) is 2. The van der Waals surface area contributed by atoms with E-state index in [0.717, 1.165) is 45.1 Å². The fraction of sp³-hybridized carbons (Fsp3) is 0.462. The largest absolute Gasteiger partial charge is 0.383 e. The first-order chi connectivity index (χ1) is 8.40. The van der Waals surface area contributed by atoms with E-state index in [1.165, 1.54) is 0 Å². The molecule has 4 nitrogen and oxygen atoms in total. The van der Waals surface area contributed by atoms with Crippen LogP contribution < -0.4 is 5.32 Å². The zero-order valence-corrected chi connectivity index (χ0v) is 9.85. The van der Waals surface area contributed by atoms with Crippen LogP contribution in [0.1, 0.15) is 5.56 Å². The van der Waals surface area contributed by atoms with E-state index in [4.69, 9.17) is 10.00 Å². The molecule has 1 aliphatic rings. The summed E-state index contributed by atoms with van der Waals surface area (Å²) in [5, 5.41) is 12.3. The van der Waals surface area contributed by atoms with Crippen molar-refractivity contribution in [2.45, 2.75) is 0 Å². The van der Waals surface area contributed by atoms with Crippen LogP contribution in [-0.2, 0) is 4.74 Å². The molecule has 0 aliphatic carbocycles. The van der Waals surface area contributed by atoms with Gasteiger partial charge >= 0.3 is 0 Å². The number of morpholine rings is 1. The molecule has 1 N–H and O–H groups in total. The van der Waals surface area contributed by atoms with E-state index in [0.29, 0.717) is 5.56 Å². The molecule has 0 aromatic heterocycles. The molecule has 0 spiro atoms. The summed E-state index contributed by atoms with van der Waals surface area (Å²) in [5.41, 5.74) is 1.62. The lowest BCUT2D eigenvalue weighted by molar-refractivity contribution is 0.0398. The molecule has 90 valence electrons. The maximum Gasteiger partial charge on any atom is 0.101 e. The van der Waals surface area contributed by atoms with Crippen LogP contribution >= 0.6 is 0 Å².